The number of amides is 1. The highest BCUT2D eigenvalue weighted by atomic mass is 16.6. The molecule has 1 aliphatic heterocycles. The summed E-state index contributed by atoms with van der Waals surface area (Å²) in [5, 5.41) is 19.1. The predicted octanol–water partition coefficient (Wildman–Crippen LogP) is 1.71. The number of aromatic nitrogens is 3. The third kappa shape index (κ3) is 2.79. The van der Waals surface area contributed by atoms with Crippen LogP contribution in [0.2, 0.25) is 0 Å². The van der Waals surface area contributed by atoms with Crippen LogP contribution in [0.15, 0.2) is 18.2 Å². The van der Waals surface area contributed by atoms with Crippen LogP contribution in [0.3, 0.4) is 0 Å². The number of aryl methyl sites for hydroxylation is 2. The third-order valence-electron chi connectivity index (χ3n) is 4.05. The Morgan fingerprint density at radius 3 is 2.91 bits per heavy atom. The summed E-state index contributed by atoms with van der Waals surface area (Å²) < 4.78 is 2.05. The maximum atomic E-state index is 12.5. The van der Waals surface area contributed by atoms with Crippen LogP contribution in [0, 0.1) is 17.0 Å². The number of nitrogens with zero attached hydrogens (tertiary/aromatic N) is 5. The second-order valence-electron chi connectivity index (χ2n) is 5.71. The van der Waals surface area contributed by atoms with E-state index in [4.69, 9.17) is 0 Å². The molecule has 0 spiro atoms. The molecule has 1 aliphatic rings. The minimum absolute atomic E-state index is 0.0134. The number of nitro benzene ring substituents is 1. The van der Waals surface area contributed by atoms with Gasteiger partial charge in [-0.2, -0.15) is 0 Å². The van der Waals surface area contributed by atoms with Crippen LogP contribution in [0.25, 0.3) is 0 Å². The molecule has 2 aromatic rings. The van der Waals surface area contributed by atoms with E-state index in [-0.39, 0.29) is 11.6 Å². The Bertz CT molecular complexity index is 783. The highest BCUT2D eigenvalue weighted by Crippen LogP contribution is 2.20. The lowest BCUT2D eigenvalue weighted by molar-refractivity contribution is -0.385. The highest BCUT2D eigenvalue weighted by molar-refractivity contribution is 5.94. The fourth-order valence-corrected chi connectivity index (χ4v) is 2.83. The Hall–Kier alpha value is -2.77. The number of hydrogen-bond donors (Lipinski definition) is 0. The van der Waals surface area contributed by atoms with Crippen LogP contribution < -0.4 is 0 Å². The molecule has 1 amide bonds. The van der Waals surface area contributed by atoms with Crippen molar-refractivity contribution >= 4 is 11.6 Å². The van der Waals surface area contributed by atoms with E-state index in [0.29, 0.717) is 17.7 Å². The molecule has 0 bridgehead atoms. The normalized spacial score (nSPS) is 13.0. The summed E-state index contributed by atoms with van der Waals surface area (Å²) in [6.45, 7) is 2.87. The lowest BCUT2D eigenvalue weighted by Crippen LogP contribution is -2.27. The van der Waals surface area contributed by atoms with Crippen molar-refractivity contribution in [3.63, 3.8) is 0 Å². The molecule has 8 nitrogen and oxygen atoms in total. The molecule has 8 heteroatoms. The fourth-order valence-electron chi connectivity index (χ4n) is 2.83. The fraction of sp³-hybridized carbons (Fsp3) is 0.400. The van der Waals surface area contributed by atoms with Crippen molar-refractivity contribution in [1.82, 2.24) is 19.7 Å². The molecular weight excluding hydrogens is 298 g/mol. The number of hydrogen-bond acceptors (Lipinski definition) is 5. The lowest BCUT2D eigenvalue weighted by atomic mass is 10.1. The SMILES string of the molecule is Cc1cc(C(=O)N(C)Cc2nnc3n2CCC3)ccc1[N+](=O)[O-]. The van der Waals surface area contributed by atoms with Crippen molar-refractivity contribution in [2.75, 3.05) is 7.05 Å². The molecule has 1 aromatic heterocycles. The first kappa shape index (κ1) is 15.1. The van der Waals surface area contributed by atoms with Gasteiger partial charge in [0.05, 0.1) is 11.5 Å². The van der Waals surface area contributed by atoms with Crippen LogP contribution in [0.1, 0.15) is 34.0 Å². The topological polar surface area (TPSA) is 94.2 Å². The third-order valence-corrected chi connectivity index (χ3v) is 4.05. The molecule has 120 valence electrons. The maximum Gasteiger partial charge on any atom is 0.272 e. The van der Waals surface area contributed by atoms with Crippen molar-refractivity contribution in [2.45, 2.75) is 32.9 Å². The minimum atomic E-state index is -0.452. The first-order valence-electron chi connectivity index (χ1n) is 7.39. The molecule has 3 rings (SSSR count). The number of carbonyl (C=O) groups is 1. The van der Waals surface area contributed by atoms with Crippen molar-refractivity contribution in [2.24, 2.45) is 0 Å². The van der Waals surface area contributed by atoms with Gasteiger partial charge in [0.25, 0.3) is 11.6 Å². The molecule has 0 unspecified atom stereocenters. The van der Waals surface area contributed by atoms with E-state index in [1.54, 1.807) is 24.9 Å². The average molecular weight is 315 g/mol. The first-order valence-corrected chi connectivity index (χ1v) is 7.39. The minimum Gasteiger partial charge on any atom is -0.334 e. The highest BCUT2D eigenvalue weighted by Gasteiger charge is 2.21. The Kier molecular flexibility index (Phi) is 3.81. The summed E-state index contributed by atoms with van der Waals surface area (Å²) in [6, 6.07) is 4.40. The molecule has 0 saturated carbocycles. The van der Waals surface area contributed by atoms with Gasteiger partial charge in [0.2, 0.25) is 0 Å². The molecule has 0 radical (unpaired) electrons. The van der Waals surface area contributed by atoms with Gasteiger partial charge in [-0.3, -0.25) is 14.9 Å². The van der Waals surface area contributed by atoms with Crippen LogP contribution >= 0.6 is 0 Å². The Labute approximate surface area is 132 Å². The Morgan fingerprint density at radius 2 is 2.22 bits per heavy atom. The van der Waals surface area contributed by atoms with E-state index < -0.39 is 4.92 Å². The van der Waals surface area contributed by atoms with E-state index in [2.05, 4.69) is 10.2 Å². The zero-order chi connectivity index (χ0) is 16.6. The van der Waals surface area contributed by atoms with Crippen LogP contribution in [0.5, 0.6) is 0 Å². The van der Waals surface area contributed by atoms with Gasteiger partial charge < -0.3 is 9.47 Å². The smallest absolute Gasteiger partial charge is 0.272 e. The zero-order valence-corrected chi connectivity index (χ0v) is 13.0. The molecule has 1 aromatic carbocycles. The molecule has 0 fully saturated rings. The average Bonchev–Trinajstić information content (AvgIpc) is 3.11. The van der Waals surface area contributed by atoms with Gasteiger partial charge >= 0.3 is 0 Å². The van der Waals surface area contributed by atoms with Crippen LogP contribution in [0.4, 0.5) is 5.69 Å². The van der Waals surface area contributed by atoms with E-state index in [0.717, 1.165) is 31.0 Å². The van der Waals surface area contributed by atoms with Gasteiger partial charge in [0, 0.05) is 37.2 Å². The Balaban J connectivity index is 1.77. The number of benzene rings is 1. The largest absolute Gasteiger partial charge is 0.334 e. The molecule has 0 aliphatic carbocycles. The summed E-state index contributed by atoms with van der Waals surface area (Å²) in [5.74, 6) is 1.54. The number of rotatable bonds is 4. The van der Waals surface area contributed by atoms with Gasteiger partial charge in [-0.1, -0.05) is 0 Å². The summed E-state index contributed by atoms with van der Waals surface area (Å²) >= 11 is 0. The summed E-state index contributed by atoms with van der Waals surface area (Å²) in [6.07, 6.45) is 1.98. The second-order valence-corrected chi connectivity index (χ2v) is 5.71. The molecule has 0 saturated heterocycles. The van der Waals surface area contributed by atoms with Crippen molar-refractivity contribution in [3.8, 4) is 0 Å². The molecular formula is C15H17N5O3. The van der Waals surface area contributed by atoms with Crippen molar-refractivity contribution in [1.29, 1.82) is 0 Å². The monoisotopic (exact) mass is 315 g/mol. The predicted molar refractivity (Wildman–Crippen MR) is 82.0 cm³/mol. The zero-order valence-electron chi connectivity index (χ0n) is 13.0. The number of carbonyl (C=O) groups excluding carboxylic acids is 1. The van der Waals surface area contributed by atoms with Crippen LogP contribution in [-0.4, -0.2) is 37.5 Å². The maximum absolute atomic E-state index is 12.5. The van der Waals surface area contributed by atoms with E-state index >= 15 is 0 Å². The van der Waals surface area contributed by atoms with Crippen LogP contribution in [-0.2, 0) is 19.5 Å². The molecule has 23 heavy (non-hydrogen) atoms. The van der Waals surface area contributed by atoms with E-state index in [9.17, 15) is 14.9 Å². The van der Waals surface area contributed by atoms with Gasteiger partial charge in [-0.05, 0) is 25.5 Å². The first-order chi connectivity index (χ1) is 11.0. The number of nitro groups is 1. The Morgan fingerprint density at radius 1 is 1.43 bits per heavy atom. The van der Waals surface area contributed by atoms with Gasteiger partial charge in [0.15, 0.2) is 5.82 Å². The molecule has 0 N–H and O–H groups in total. The quantitative estimate of drug-likeness (QED) is 0.632. The molecule has 2 heterocycles. The summed E-state index contributed by atoms with van der Waals surface area (Å²) in [5.41, 5.74) is 0.911. The van der Waals surface area contributed by atoms with Crippen molar-refractivity contribution in [3.05, 3.63) is 51.1 Å². The summed E-state index contributed by atoms with van der Waals surface area (Å²) in [7, 11) is 1.69. The number of fused-ring (bicyclic) bond motifs is 1. The summed E-state index contributed by atoms with van der Waals surface area (Å²) in [4.78, 5) is 24.5. The van der Waals surface area contributed by atoms with Gasteiger partial charge in [-0.25, -0.2) is 0 Å². The van der Waals surface area contributed by atoms with E-state index in [1.165, 1.54) is 12.1 Å². The van der Waals surface area contributed by atoms with Crippen molar-refractivity contribution < 1.29 is 9.72 Å². The second kappa shape index (κ2) is 5.79. The van der Waals surface area contributed by atoms with Gasteiger partial charge in [-0.15, -0.1) is 10.2 Å². The standard InChI is InChI=1S/C15H17N5O3/c1-10-8-11(5-6-12(10)20(22)23)15(21)18(2)9-14-17-16-13-4-3-7-19(13)14/h5-6,8H,3-4,7,9H2,1-2H3. The molecule has 0 atom stereocenters. The van der Waals surface area contributed by atoms with Gasteiger partial charge in [0.1, 0.15) is 5.82 Å². The lowest BCUT2D eigenvalue weighted by Gasteiger charge is -2.17. The van der Waals surface area contributed by atoms with E-state index in [1.807, 2.05) is 4.57 Å².